The second-order valence-corrected chi connectivity index (χ2v) is 5.48. The van der Waals surface area contributed by atoms with Crippen LogP contribution < -0.4 is 5.32 Å². The summed E-state index contributed by atoms with van der Waals surface area (Å²) in [5.41, 5.74) is -0.371. The molecule has 2 aliphatic heterocycles. The lowest BCUT2D eigenvalue weighted by Gasteiger charge is -2.48. The zero-order valence-electron chi connectivity index (χ0n) is 11.5. The predicted molar refractivity (Wildman–Crippen MR) is 67.0 cm³/mol. The molecule has 5 heteroatoms. The van der Waals surface area contributed by atoms with Crippen LogP contribution in [-0.4, -0.2) is 47.0 Å². The highest BCUT2D eigenvalue weighted by Crippen LogP contribution is 2.35. The van der Waals surface area contributed by atoms with Gasteiger partial charge in [-0.15, -0.1) is 0 Å². The van der Waals surface area contributed by atoms with E-state index in [1.165, 1.54) is 0 Å². The smallest absolute Gasteiger partial charge is 0.246 e. The van der Waals surface area contributed by atoms with Gasteiger partial charge in [0.1, 0.15) is 12.1 Å². The van der Waals surface area contributed by atoms with E-state index in [4.69, 9.17) is 4.74 Å². The van der Waals surface area contributed by atoms with Crippen LogP contribution in [0.1, 0.15) is 40.5 Å². The van der Waals surface area contributed by atoms with E-state index in [-0.39, 0.29) is 29.5 Å². The molecular weight excluding hydrogens is 232 g/mol. The molecule has 4 atom stereocenters. The molecule has 2 saturated heterocycles. The quantitative estimate of drug-likeness (QED) is 0.788. The first kappa shape index (κ1) is 13.3. The van der Waals surface area contributed by atoms with Gasteiger partial charge in [0.25, 0.3) is 0 Å². The van der Waals surface area contributed by atoms with Gasteiger partial charge in [-0.2, -0.15) is 0 Å². The van der Waals surface area contributed by atoms with Gasteiger partial charge in [-0.1, -0.05) is 6.92 Å². The summed E-state index contributed by atoms with van der Waals surface area (Å²) >= 11 is 0. The third kappa shape index (κ3) is 1.81. The maximum absolute atomic E-state index is 12.4. The molecule has 2 aliphatic rings. The Bertz CT molecular complexity index is 371. The largest absolute Gasteiger partial charge is 0.376 e. The molecule has 2 heterocycles. The number of nitrogens with zero attached hydrogens (tertiary/aromatic N) is 1. The third-order valence-corrected chi connectivity index (χ3v) is 4.37. The number of carbonyl (C=O) groups excluding carboxylic acids is 2. The summed E-state index contributed by atoms with van der Waals surface area (Å²) in [7, 11) is 0. The molecule has 1 N–H and O–H groups in total. The molecule has 0 aliphatic carbocycles. The number of ether oxygens (including phenoxy) is 1. The first-order valence-electron chi connectivity index (χ1n) is 6.67. The second kappa shape index (κ2) is 4.53. The highest BCUT2D eigenvalue weighted by Gasteiger charge is 2.51. The summed E-state index contributed by atoms with van der Waals surface area (Å²) in [6.45, 7) is 8.32. The van der Waals surface area contributed by atoms with E-state index in [0.29, 0.717) is 13.0 Å². The summed E-state index contributed by atoms with van der Waals surface area (Å²) in [5.74, 6) is -0.0498. The van der Waals surface area contributed by atoms with Crippen LogP contribution in [0.5, 0.6) is 0 Å². The second-order valence-electron chi connectivity index (χ2n) is 5.48. The van der Waals surface area contributed by atoms with Crippen LogP contribution in [0.15, 0.2) is 0 Å². The average molecular weight is 254 g/mol. The average Bonchev–Trinajstić information content (AvgIpc) is 2.64. The first-order chi connectivity index (χ1) is 8.41. The van der Waals surface area contributed by atoms with E-state index in [1.807, 2.05) is 20.8 Å². The molecule has 2 rings (SSSR count). The van der Waals surface area contributed by atoms with Gasteiger partial charge >= 0.3 is 0 Å². The van der Waals surface area contributed by atoms with Crippen LogP contribution in [0.25, 0.3) is 0 Å². The van der Waals surface area contributed by atoms with Crippen molar-refractivity contribution in [2.24, 2.45) is 0 Å². The number of hydrogen-bond acceptors (Lipinski definition) is 3. The molecule has 0 aromatic heterocycles. The minimum atomic E-state index is -0.440. The highest BCUT2D eigenvalue weighted by molar-refractivity contribution is 5.97. The number of rotatable bonds is 2. The Labute approximate surface area is 108 Å². The summed E-state index contributed by atoms with van der Waals surface area (Å²) in [6, 6.07) is -0.812. The van der Waals surface area contributed by atoms with Gasteiger partial charge in [0, 0.05) is 6.61 Å². The molecule has 0 aromatic rings. The number of nitrogens with one attached hydrogen (secondary N) is 1. The minimum absolute atomic E-state index is 0.00120. The fraction of sp³-hybridized carbons (Fsp3) is 0.846. The Balaban J connectivity index is 2.37. The van der Waals surface area contributed by atoms with Crippen LogP contribution >= 0.6 is 0 Å². The molecule has 4 unspecified atom stereocenters. The van der Waals surface area contributed by atoms with Crippen molar-refractivity contribution in [3.05, 3.63) is 0 Å². The fourth-order valence-corrected chi connectivity index (χ4v) is 2.97. The normalized spacial score (nSPS) is 41.1. The minimum Gasteiger partial charge on any atom is -0.376 e. The van der Waals surface area contributed by atoms with Crippen molar-refractivity contribution in [1.82, 2.24) is 10.2 Å². The number of hydrogen-bond donors (Lipinski definition) is 1. The van der Waals surface area contributed by atoms with E-state index < -0.39 is 6.04 Å². The first-order valence-corrected chi connectivity index (χ1v) is 6.67. The Kier molecular flexibility index (Phi) is 3.36. The van der Waals surface area contributed by atoms with Crippen LogP contribution in [0.2, 0.25) is 0 Å². The van der Waals surface area contributed by atoms with E-state index in [2.05, 4.69) is 5.32 Å². The lowest BCUT2D eigenvalue weighted by atomic mass is 9.87. The van der Waals surface area contributed by atoms with Crippen molar-refractivity contribution in [2.75, 3.05) is 6.61 Å². The van der Waals surface area contributed by atoms with Crippen LogP contribution in [0, 0.1) is 0 Å². The van der Waals surface area contributed by atoms with Crippen molar-refractivity contribution in [3.63, 3.8) is 0 Å². The summed E-state index contributed by atoms with van der Waals surface area (Å²) in [4.78, 5) is 26.3. The predicted octanol–water partition coefficient (Wildman–Crippen LogP) is 0.679. The summed E-state index contributed by atoms with van der Waals surface area (Å²) < 4.78 is 5.61. The zero-order chi connectivity index (χ0) is 13.5. The molecule has 0 spiro atoms. The Morgan fingerprint density at radius 1 is 1.44 bits per heavy atom. The molecule has 18 heavy (non-hydrogen) atoms. The van der Waals surface area contributed by atoms with Gasteiger partial charge in [0.2, 0.25) is 11.8 Å². The van der Waals surface area contributed by atoms with Crippen molar-refractivity contribution < 1.29 is 14.3 Å². The number of carbonyl (C=O) groups is 2. The Morgan fingerprint density at radius 2 is 2.11 bits per heavy atom. The van der Waals surface area contributed by atoms with E-state index in [0.717, 1.165) is 6.42 Å². The number of piperazine rings is 1. The third-order valence-electron chi connectivity index (χ3n) is 4.37. The van der Waals surface area contributed by atoms with Crippen LogP contribution in [0.4, 0.5) is 0 Å². The summed E-state index contributed by atoms with van der Waals surface area (Å²) in [5, 5.41) is 2.74. The zero-order valence-corrected chi connectivity index (χ0v) is 11.5. The fourth-order valence-electron chi connectivity index (χ4n) is 2.97. The lowest BCUT2D eigenvalue weighted by Crippen LogP contribution is -2.69. The van der Waals surface area contributed by atoms with Gasteiger partial charge in [-0.05, 0) is 33.6 Å². The monoisotopic (exact) mass is 254 g/mol. The molecule has 0 radical (unpaired) electrons. The molecule has 0 aromatic carbocycles. The van der Waals surface area contributed by atoms with Gasteiger partial charge in [0.05, 0.1) is 11.6 Å². The Hall–Kier alpha value is -1.10. The Morgan fingerprint density at radius 3 is 2.61 bits per heavy atom. The highest BCUT2D eigenvalue weighted by atomic mass is 16.5. The van der Waals surface area contributed by atoms with Gasteiger partial charge in [-0.3, -0.25) is 9.59 Å². The standard InChI is InChI=1S/C13H22N2O3/c1-5-10-11(16)14-8(2)12(17)15(10)13(4)6-7-18-9(13)3/h8-10H,5-7H2,1-4H3,(H,14,16). The molecular formula is C13H22N2O3. The van der Waals surface area contributed by atoms with Crippen LogP contribution in [0.3, 0.4) is 0 Å². The maximum atomic E-state index is 12.4. The molecule has 0 saturated carbocycles. The van der Waals surface area contributed by atoms with E-state index in [1.54, 1.807) is 11.8 Å². The molecule has 0 bridgehead atoms. The molecule has 5 nitrogen and oxygen atoms in total. The maximum Gasteiger partial charge on any atom is 0.246 e. The SMILES string of the molecule is CCC1C(=O)NC(C)C(=O)N1C1(C)CCOC1C. The number of amides is 2. The van der Waals surface area contributed by atoms with Crippen molar-refractivity contribution in [3.8, 4) is 0 Å². The van der Waals surface area contributed by atoms with Crippen molar-refractivity contribution >= 4 is 11.8 Å². The molecule has 102 valence electrons. The molecule has 2 amide bonds. The van der Waals surface area contributed by atoms with Gasteiger partial charge < -0.3 is 15.0 Å². The summed E-state index contributed by atoms with van der Waals surface area (Å²) in [6.07, 6.45) is 1.39. The van der Waals surface area contributed by atoms with Gasteiger partial charge in [-0.25, -0.2) is 0 Å². The van der Waals surface area contributed by atoms with E-state index in [9.17, 15) is 9.59 Å². The lowest BCUT2D eigenvalue weighted by molar-refractivity contribution is -0.158. The van der Waals surface area contributed by atoms with E-state index >= 15 is 0 Å². The topological polar surface area (TPSA) is 58.6 Å². The van der Waals surface area contributed by atoms with Gasteiger partial charge in [0.15, 0.2) is 0 Å². The van der Waals surface area contributed by atoms with Crippen molar-refractivity contribution in [2.45, 2.75) is 64.3 Å². The van der Waals surface area contributed by atoms with Crippen molar-refractivity contribution in [1.29, 1.82) is 0 Å². The molecule has 2 fully saturated rings. The van der Waals surface area contributed by atoms with Crippen LogP contribution in [-0.2, 0) is 14.3 Å².